The van der Waals surface area contributed by atoms with E-state index in [0.717, 1.165) is 37.2 Å². The van der Waals surface area contributed by atoms with Gasteiger partial charge in [-0.2, -0.15) is 0 Å². The second-order valence-corrected chi connectivity index (χ2v) is 5.10. The van der Waals surface area contributed by atoms with Crippen LogP contribution in [0.1, 0.15) is 32.3 Å². The zero-order chi connectivity index (χ0) is 14.4. The first-order valence-electron chi connectivity index (χ1n) is 7.34. The van der Waals surface area contributed by atoms with E-state index in [1.807, 2.05) is 24.3 Å². The highest BCUT2D eigenvalue weighted by Crippen LogP contribution is 2.19. The summed E-state index contributed by atoms with van der Waals surface area (Å²) in [6, 6.07) is 7.83. The minimum atomic E-state index is -0.496. The first-order valence-corrected chi connectivity index (χ1v) is 7.34. The van der Waals surface area contributed by atoms with Gasteiger partial charge in [0, 0.05) is 13.2 Å². The Bertz CT molecular complexity index is 441. The molecule has 1 N–H and O–H groups in total. The molecule has 20 heavy (non-hydrogen) atoms. The first-order chi connectivity index (χ1) is 9.70. The van der Waals surface area contributed by atoms with Crippen molar-refractivity contribution in [2.45, 2.75) is 45.3 Å². The van der Waals surface area contributed by atoms with Crippen LogP contribution in [-0.2, 0) is 16.0 Å². The molecule has 0 aromatic heterocycles. The van der Waals surface area contributed by atoms with Crippen molar-refractivity contribution in [1.29, 1.82) is 0 Å². The number of amides is 1. The molecule has 0 aliphatic carbocycles. The van der Waals surface area contributed by atoms with Crippen LogP contribution in [0.15, 0.2) is 24.3 Å². The van der Waals surface area contributed by atoms with Crippen molar-refractivity contribution in [1.82, 2.24) is 5.32 Å². The molecule has 1 heterocycles. The summed E-state index contributed by atoms with van der Waals surface area (Å²) >= 11 is 0. The molecule has 0 bridgehead atoms. The SMILES string of the molecule is CCc1ccccc1O[C@H](C)C(=O)NC[C@H]1CCCO1. The number of hydrogen-bond acceptors (Lipinski definition) is 3. The fourth-order valence-corrected chi connectivity index (χ4v) is 2.32. The zero-order valence-corrected chi connectivity index (χ0v) is 12.2. The lowest BCUT2D eigenvalue weighted by atomic mass is 10.1. The highest BCUT2D eigenvalue weighted by molar-refractivity contribution is 5.80. The summed E-state index contributed by atoms with van der Waals surface area (Å²) in [5, 5.41) is 2.89. The lowest BCUT2D eigenvalue weighted by Gasteiger charge is -2.18. The summed E-state index contributed by atoms with van der Waals surface area (Å²) in [5.41, 5.74) is 1.12. The molecule has 0 radical (unpaired) electrons. The molecule has 0 saturated carbocycles. The van der Waals surface area contributed by atoms with Crippen LogP contribution in [0.25, 0.3) is 0 Å². The quantitative estimate of drug-likeness (QED) is 0.868. The Kier molecular flexibility index (Phi) is 5.41. The molecular weight excluding hydrogens is 254 g/mol. The Hall–Kier alpha value is -1.55. The van der Waals surface area contributed by atoms with Crippen molar-refractivity contribution in [3.8, 4) is 5.75 Å². The molecule has 1 fully saturated rings. The number of aryl methyl sites for hydroxylation is 1. The topological polar surface area (TPSA) is 47.6 Å². The number of rotatable bonds is 6. The Morgan fingerprint density at radius 1 is 1.50 bits per heavy atom. The second-order valence-electron chi connectivity index (χ2n) is 5.10. The van der Waals surface area contributed by atoms with Crippen molar-refractivity contribution >= 4 is 5.91 Å². The van der Waals surface area contributed by atoms with Gasteiger partial charge in [0.25, 0.3) is 5.91 Å². The fourth-order valence-electron chi connectivity index (χ4n) is 2.32. The van der Waals surface area contributed by atoms with Crippen LogP contribution >= 0.6 is 0 Å². The molecule has 2 atom stereocenters. The van der Waals surface area contributed by atoms with Gasteiger partial charge in [0.15, 0.2) is 6.10 Å². The molecular formula is C16H23NO3. The van der Waals surface area contributed by atoms with Gasteiger partial charge >= 0.3 is 0 Å². The monoisotopic (exact) mass is 277 g/mol. The minimum Gasteiger partial charge on any atom is -0.481 e. The highest BCUT2D eigenvalue weighted by atomic mass is 16.5. The molecule has 1 aliphatic rings. The molecule has 110 valence electrons. The second kappa shape index (κ2) is 7.29. The molecule has 1 aromatic carbocycles. The molecule has 1 amide bonds. The molecule has 0 spiro atoms. The molecule has 4 heteroatoms. The van der Waals surface area contributed by atoms with E-state index >= 15 is 0 Å². The van der Waals surface area contributed by atoms with Crippen LogP contribution in [0.4, 0.5) is 0 Å². The van der Waals surface area contributed by atoms with Gasteiger partial charge in [0.05, 0.1) is 6.10 Å². The van der Waals surface area contributed by atoms with Crippen molar-refractivity contribution < 1.29 is 14.3 Å². The third-order valence-corrected chi connectivity index (χ3v) is 3.55. The maximum Gasteiger partial charge on any atom is 0.260 e. The third kappa shape index (κ3) is 3.97. The summed E-state index contributed by atoms with van der Waals surface area (Å²) < 4.78 is 11.2. The van der Waals surface area contributed by atoms with E-state index in [1.54, 1.807) is 6.92 Å². The predicted octanol–water partition coefficient (Wildman–Crippen LogP) is 2.31. The standard InChI is InChI=1S/C16H23NO3/c1-3-13-7-4-5-9-15(13)20-12(2)16(18)17-11-14-8-6-10-19-14/h4-5,7,9,12,14H,3,6,8,10-11H2,1-2H3,(H,17,18)/t12-,14-/m1/s1. The summed E-state index contributed by atoms with van der Waals surface area (Å²) in [6.07, 6.45) is 2.66. The molecule has 1 aliphatic heterocycles. The number of carbonyl (C=O) groups is 1. The van der Waals surface area contributed by atoms with Crippen molar-refractivity contribution in [2.75, 3.05) is 13.2 Å². The van der Waals surface area contributed by atoms with Gasteiger partial charge in [0.2, 0.25) is 0 Å². The number of nitrogens with one attached hydrogen (secondary N) is 1. The maximum atomic E-state index is 12.0. The van der Waals surface area contributed by atoms with Gasteiger partial charge in [-0.25, -0.2) is 0 Å². The van der Waals surface area contributed by atoms with Crippen molar-refractivity contribution in [3.05, 3.63) is 29.8 Å². The minimum absolute atomic E-state index is 0.0913. The smallest absolute Gasteiger partial charge is 0.260 e. The maximum absolute atomic E-state index is 12.0. The van der Waals surface area contributed by atoms with Gasteiger partial charge in [0.1, 0.15) is 5.75 Å². The average Bonchev–Trinajstić information content (AvgIpc) is 2.98. The lowest BCUT2D eigenvalue weighted by molar-refractivity contribution is -0.127. The summed E-state index contributed by atoms with van der Waals surface area (Å²) in [4.78, 5) is 12.0. The summed E-state index contributed by atoms with van der Waals surface area (Å²) in [7, 11) is 0. The molecule has 1 saturated heterocycles. The molecule has 4 nitrogen and oxygen atoms in total. The van der Waals surface area contributed by atoms with Gasteiger partial charge in [-0.15, -0.1) is 0 Å². The van der Waals surface area contributed by atoms with Crippen molar-refractivity contribution in [2.24, 2.45) is 0 Å². The van der Waals surface area contributed by atoms with E-state index in [9.17, 15) is 4.79 Å². The first kappa shape index (κ1) is 14.9. The van der Waals surface area contributed by atoms with Crippen LogP contribution in [-0.4, -0.2) is 31.3 Å². The lowest BCUT2D eigenvalue weighted by Crippen LogP contribution is -2.40. The molecule has 2 rings (SSSR count). The van der Waals surface area contributed by atoms with Crippen LogP contribution in [0, 0.1) is 0 Å². The van der Waals surface area contributed by atoms with Gasteiger partial charge in [-0.1, -0.05) is 25.1 Å². The normalized spacial score (nSPS) is 19.6. The zero-order valence-electron chi connectivity index (χ0n) is 12.2. The van der Waals surface area contributed by atoms with Gasteiger partial charge in [-0.3, -0.25) is 4.79 Å². The van der Waals surface area contributed by atoms with Gasteiger partial charge < -0.3 is 14.8 Å². The largest absolute Gasteiger partial charge is 0.481 e. The van der Waals surface area contributed by atoms with Crippen LogP contribution < -0.4 is 10.1 Å². The van der Waals surface area contributed by atoms with Crippen LogP contribution in [0.2, 0.25) is 0 Å². The fraction of sp³-hybridized carbons (Fsp3) is 0.562. The number of hydrogen-bond donors (Lipinski definition) is 1. The highest BCUT2D eigenvalue weighted by Gasteiger charge is 2.20. The number of para-hydroxylation sites is 1. The van der Waals surface area contributed by atoms with E-state index < -0.39 is 6.10 Å². The van der Waals surface area contributed by atoms with E-state index in [-0.39, 0.29) is 12.0 Å². The van der Waals surface area contributed by atoms with Crippen LogP contribution in [0.3, 0.4) is 0 Å². The Morgan fingerprint density at radius 3 is 3.00 bits per heavy atom. The number of benzene rings is 1. The van der Waals surface area contributed by atoms with E-state index in [0.29, 0.717) is 6.54 Å². The number of carbonyl (C=O) groups excluding carboxylic acids is 1. The van der Waals surface area contributed by atoms with Crippen LogP contribution in [0.5, 0.6) is 5.75 Å². The van der Waals surface area contributed by atoms with E-state index in [2.05, 4.69) is 12.2 Å². The third-order valence-electron chi connectivity index (χ3n) is 3.55. The Balaban J connectivity index is 1.83. The van der Waals surface area contributed by atoms with E-state index in [4.69, 9.17) is 9.47 Å². The van der Waals surface area contributed by atoms with Crippen molar-refractivity contribution in [3.63, 3.8) is 0 Å². The Morgan fingerprint density at radius 2 is 2.30 bits per heavy atom. The predicted molar refractivity (Wildman–Crippen MR) is 77.9 cm³/mol. The average molecular weight is 277 g/mol. The molecule has 0 unspecified atom stereocenters. The number of ether oxygens (including phenoxy) is 2. The molecule has 1 aromatic rings. The summed E-state index contributed by atoms with van der Waals surface area (Å²) in [5.74, 6) is 0.696. The van der Waals surface area contributed by atoms with Gasteiger partial charge in [-0.05, 0) is 37.8 Å². The summed E-state index contributed by atoms with van der Waals surface area (Å²) in [6.45, 7) is 5.22. The Labute approximate surface area is 120 Å². The van der Waals surface area contributed by atoms with E-state index in [1.165, 1.54) is 0 Å².